The minimum Gasteiger partial charge on any atom is -0.489 e. The van der Waals surface area contributed by atoms with Gasteiger partial charge in [0, 0.05) is 17.8 Å². The molecule has 3 aromatic carbocycles. The summed E-state index contributed by atoms with van der Waals surface area (Å²) < 4.78 is 13.6. The maximum Gasteiger partial charge on any atom is 0.200 e. The number of rotatable bonds is 5. The van der Waals surface area contributed by atoms with Crippen LogP contribution in [0.2, 0.25) is 0 Å². The summed E-state index contributed by atoms with van der Waals surface area (Å²) in [6.07, 6.45) is 3.53. The molecule has 5 aromatic rings. The van der Waals surface area contributed by atoms with Crippen LogP contribution in [-0.4, -0.2) is 9.78 Å². The van der Waals surface area contributed by atoms with E-state index in [1.807, 2.05) is 66.9 Å². The molecule has 5 nitrogen and oxygen atoms in total. The van der Waals surface area contributed by atoms with E-state index < -0.39 is 0 Å². The summed E-state index contributed by atoms with van der Waals surface area (Å²) in [5.74, 6) is 1.20. The molecule has 0 aliphatic carbocycles. The maximum absolute atomic E-state index is 13.2. The van der Waals surface area contributed by atoms with Crippen LogP contribution in [0.4, 0.5) is 0 Å². The third kappa shape index (κ3) is 3.73. The van der Waals surface area contributed by atoms with Gasteiger partial charge >= 0.3 is 0 Å². The van der Waals surface area contributed by atoms with Crippen molar-refractivity contribution in [3.8, 4) is 22.6 Å². The first kappa shape index (κ1) is 18.9. The number of hydrogen-bond acceptors (Lipinski definition) is 4. The van der Waals surface area contributed by atoms with Crippen molar-refractivity contribution >= 4 is 11.0 Å². The molecule has 0 amide bonds. The first-order chi connectivity index (χ1) is 15.2. The first-order valence-electron chi connectivity index (χ1n) is 10.0. The molecule has 0 N–H and O–H groups in total. The minimum atomic E-state index is -0.0824. The number of ether oxygens (including phenoxy) is 1. The Morgan fingerprint density at radius 2 is 1.71 bits per heavy atom. The minimum absolute atomic E-state index is 0.0824. The van der Waals surface area contributed by atoms with Crippen LogP contribution >= 0.6 is 0 Å². The Bertz CT molecular complexity index is 1400. The molecule has 152 valence electrons. The molecule has 0 saturated carbocycles. The summed E-state index contributed by atoms with van der Waals surface area (Å²) in [7, 11) is 0. The topological polar surface area (TPSA) is 57.3 Å². The molecule has 0 fully saturated rings. The van der Waals surface area contributed by atoms with Crippen LogP contribution in [0.1, 0.15) is 11.3 Å². The SMILES string of the molecule is Cc1oc2cc(OCc3ccccc3)ccc2c(=O)c1-c1cnn(-c2ccccc2)c1. The van der Waals surface area contributed by atoms with E-state index in [1.165, 1.54) is 0 Å². The van der Waals surface area contributed by atoms with Gasteiger partial charge in [-0.05, 0) is 36.8 Å². The smallest absolute Gasteiger partial charge is 0.200 e. The van der Waals surface area contributed by atoms with Crippen LogP contribution in [0, 0.1) is 6.92 Å². The highest BCUT2D eigenvalue weighted by Gasteiger charge is 2.16. The van der Waals surface area contributed by atoms with E-state index in [0.717, 1.165) is 16.8 Å². The second-order valence-corrected chi connectivity index (χ2v) is 7.30. The predicted molar refractivity (Wildman–Crippen MR) is 121 cm³/mol. The van der Waals surface area contributed by atoms with Gasteiger partial charge in [0.25, 0.3) is 0 Å². The molecule has 0 saturated heterocycles. The van der Waals surface area contributed by atoms with Gasteiger partial charge in [0.15, 0.2) is 0 Å². The Labute approximate surface area is 179 Å². The van der Waals surface area contributed by atoms with Gasteiger partial charge in [-0.1, -0.05) is 48.5 Å². The fraction of sp³-hybridized carbons (Fsp3) is 0.0769. The van der Waals surface area contributed by atoms with Crippen LogP contribution in [0.5, 0.6) is 5.75 Å². The molecule has 2 aromatic heterocycles. The lowest BCUT2D eigenvalue weighted by Gasteiger charge is -2.09. The Morgan fingerprint density at radius 3 is 2.48 bits per heavy atom. The zero-order valence-electron chi connectivity index (χ0n) is 17.0. The highest BCUT2D eigenvalue weighted by Crippen LogP contribution is 2.27. The van der Waals surface area contributed by atoms with Crippen molar-refractivity contribution in [1.29, 1.82) is 0 Å². The summed E-state index contributed by atoms with van der Waals surface area (Å²) >= 11 is 0. The third-order valence-electron chi connectivity index (χ3n) is 5.18. The van der Waals surface area contributed by atoms with Gasteiger partial charge in [-0.25, -0.2) is 4.68 Å². The highest BCUT2D eigenvalue weighted by atomic mass is 16.5. The lowest BCUT2D eigenvalue weighted by Crippen LogP contribution is -2.07. The summed E-state index contributed by atoms with van der Waals surface area (Å²) in [6.45, 7) is 2.25. The Morgan fingerprint density at radius 1 is 0.968 bits per heavy atom. The molecule has 0 spiro atoms. The van der Waals surface area contributed by atoms with E-state index in [2.05, 4.69) is 5.10 Å². The molecule has 0 atom stereocenters. The Kier molecular flexibility index (Phi) is 4.84. The van der Waals surface area contributed by atoms with E-state index in [-0.39, 0.29) is 5.43 Å². The molecule has 0 aliphatic rings. The average molecular weight is 408 g/mol. The zero-order valence-corrected chi connectivity index (χ0v) is 17.0. The number of nitrogens with zero attached hydrogens (tertiary/aromatic N) is 2. The lowest BCUT2D eigenvalue weighted by atomic mass is 10.1. The van der Waals surface area contributed by atoms with Crippen molar-refractivity contribution < 1.29 is 9.15 Å². The van der Waals surface area contributed by atoms with E-state index in [0.29, 0.717) is 34.6 Å². The van der Waals surface area contributed by atoms with Gasteiger partial charge in [-0.2, -0.15) is 5.10 Å². The van der Waals surface area contributed by atoms with Crippen molar-refractivity contribution in [1.82, 2.24) is 9.78 Å². The molecule has 2 heterocycles. The van der Waals surface area contributed by atoms with Crippen LogP contribution in [0.15, 0.2) is 100 Å². The molecular weight excluding hydrogens is 388 g/mol. The van der Waals surface area contributed by atoms with Crippen molar-refractivity contribution in [3.63, 3.8) is 0 Å². The number of aryl methyl sites for hydroxylation is 1. The molecule has 0 aliphatic heterocycles. The second kappa shape index (κ2) is 7.95. The molecule has 0 radical (unpaired) electrons. The second-order valence-electron chi connectivity index (χ2n) is 7.30. The lowest BCUT2D eigenvalue weighted by molar-refractivity contribution is 0.306. The van der Waals surface area contributed by atoms with Crippen LogP contribution in [0.25, 0.3) is 27.8 Å². The van der Waals surface area contributed by atoms with E-state index in [9.17, 15) is 4.79 Å². The van der Waals surface area contributed by atoms with Gasteiger partial charge in [-0.15, -0.1) is 0 Å². The van der Waals surface area contributed by atoms with Gasteiger partial charge in [0.05, 0.1) is 22.8 Å². The quantitative estimate of drug-likeness (QED) is 0.383. The summed E-state index contributed by atoms with van der Waals surface area (Å²) in [4.78, 5) is 13.2. The number of para-hydroxylation sites is 1. The van der Waals surface area contributed by atoms with Gasteiger partial charge < -0.3 is 9.15 Å². The summed E-state index contributed by atoms with van der Waals surface area (Å²) in [5.41, 5.74) is 3.67. The third-order valence-corrected chi connectivity index (χ3v) is 5.18. The van der Waals surface area contributed by atoms with E-state index in [1.54, 1.807) is 36.0 Å². The van der Waals surface area contributed by atoms with Crippen molar-refractivity contribution in [2.24, 2.45) is 0 Å². The molecule has 5 rings (SSSR count). The Hall–Kier alpha value is -4.12. The van der Waals surface area contributed by atoms with E-state index in [4.69, 9.17) is 9.15 Å². The fourth-order valence-corrected chi connectivity index (χ4v) is 3.62. The van der Waals surface area contributed by atoms with Gasteiger partial charge in [-0.3, -0.25) is 4.79 Å². The standard InChI is InChI=1S/C26H20N2O3/c1-18-25(20-15-27-28(16-20)21-10-6-3-7-11-21)26(29)23-13-12-22(14-24(23)31-18)30-17-19-8-4-2-5-9-19/h2-16H,17H2,1H3. The number of fused-ring (bicyclic) bond motifs is 1. The van der Waals surface area contributed by atoms with E-state index >= 15 is 0 Å². The first-order valence-corrected chi connectivity index (χ1v) is 10.0. The summed E-state index contributed by atoms with van der Waals surface area (Å²) in [5, 5.41) is 4.92. The van der Waals surface area contributed by atoms with Crippen LogP contribution in [-0.2, 0) is 6.61 Å². The van der Waals surface area contributed by atoms with Crippen molar-refractivity contribution in [3.05, 3.63) is 113 Å². The number of aromatic nitrogens is 2. The normalized spacial score (nSPS) is 11.0. The number of hydrogen-bond donors (Lipinski definition) is 0. The predicted octanol–water partition coefficient (Wildman–Crippen LogP) is 5.53. The van der Waals surface area contributed by atoms with Crippen molar-refractivity contribution in [2.75, 3.05) is 0 Å². The largest absolute Gasteiger partial charge is 0.489 e. The molecule has 5 heteroatoms. The van der Waals surface area contributed by atoms with Crippen LogP contribution in [0.3, 0.4) is 0 Å². The van der Waals surface area contributed by atoms with Crippen LogP contribution < -0.4 is 10.2 Å². The molecule has 0 bridgehead atoms. The molecular formula is C26H20N2O3. The monoisotopic (exact) mass is 408 g/mol. The van der Waals surface area contributed by atoms with Gasteiger partial charge in [0.2, 0.25) is 5.43 Å². The number of benzene rings is 3. The average Bonchev–Trinajstić information content (AvgIpc) is 3.28. The molecule has 31 heavy (non-hydrogen) atoms. The zero-order chi connectivity index (χ0) is 21.2. The Balaban J connectivity index is 1.48. The summed E-state index contributed by atoms with van der Waals surface area (Å²) in [6, 6.07) is 25.0. The fourth-order valence-electron chi connectivity index (χ4n) is 3.62. The van der Waals surface area contributed by atoms with Crippen molar-refractivity contribution in [2.45, 2.75) is 13.5 Å². The highest BCUT2D eigenvalue weighted by molar-refractivity contribution is 5.83. The maximum atomic E-state index is 13.2. The molecule has 0 unspecified atom stereocenters. The van der Waals surface area contributed by atoms with Gasteiger partial charge in [0.1, 0.15) is 23.7 Å².